The minimum absolute atomic E-state index is 0.264. The van der Waals surface area contributed by atoms with E-state index < -0.39 is 11.8 Å². The summed E-state index contributed by atoms with van der Waals surface area (Å²) in [5, 5.41) is 6.86. The molecule has 2 amide bonds. The topological polar surface area (TPSA) is 79.8 Å². The second-order valence-electron chi connectivity index (χ2n) is 6.09. The van der Waals surface area contributed by atoms with E-state index in [1.165, 1.54) is 24.4 Å². The lowest BCUT2D eigenvalue weighted by Gasteiger charge is -2.09. The van der Waals surface area contributed by atoms with Crippen LogP contribution in [-0.4, -0.2) is 18.0 Å². The summed E-state index contributed by atoms with van der Waals surface area (Å²) < 4.78 is 5.82. The van der Waals surface area contributed by atoms with Crippen LogP contribution in [0.25, 0.3) is 0 Å². The van der Waals surface area contributed by atoms with Crippen LogP contribution in [0.2, 0.25) is 10.0 Å². The Hall–Kier alpha value is -3.35. The Morgan fingerprint density at radius 2 is 1.63 bits per heavy atom. The Kier molecular flexibility index (Phi) is 7.43. The summed E-state index contributed by atoms with van der Waals surface area (Å²) in [6, 6.07) is 21.4. The molecule has 0 aliphatic rings. The number of carbonyl (C=O) groups is 2. The van der Waals surface area contributed by atoms with Crippen molar-refractivity contribution in [1.29, 1.82) is 0 Å². The van der Waals surface area contributed by atoms with E-state index in [1.807, 2.05) is 42.5 Å². The molecule has 0 saturated heterocycles. The van der Waals surface area contributed by atoms with Gasteiger partial charge in [0.2, 0.25) is 0 Å². The highest BCUT2D eigenvalue weighted by Gasteiger charge is 2.13. The molecule has 8 heteroatoms. The van der Waals surface area contributed by atoms with Gasteiger partial charge in [0.05, 0.1) is 16.3 Å². The molecule has 0 aliphatic carbocycles. The smallest absolute Gasteiger partial charge is 0.329 e. The number of nitrogens with zero attached hydrogens (tertiary/aromatic N) is 1. The normalized spacial score (nSPS) is 10.6. The van der Waals surface area contributed by atoms with Gasteiger partial charge in [0.25, 0.3) is 0 Å². The van der Waals surface area contributed by atoms with Crippen molar-refractivity contribution in [3.05, 3.63) is 94.0 Å². The number of amides is 2. The molecule has 0 saturated carbocycles. The fraction of sp³-hybridized carbons (Fsp3) is 0.0455. The first-order valence-electron chi connectivity index (χ1n) is 8.88. The summed E-state index contributed by atoms with van der Waals surface area (Å²) in [5.41, 5.74) is 4.20. The third-order valence-electron chi connectivity index (χ3n) is 3.91. The summed E-state index contributed by atoms with van der Waals surface area (Å²) >= 11 is 11.7. The van der Waals surface area contributed by atoms with Crippen molar-refractivity contribution in [3.8, 4) is 5.75 Å². The van der Waals surface area contributed by atoms with Crippen LogP contribution in [0, 0.1) is 0 Å². The van der Waals surface area contributed by atoms with Crippen LogP contribution in [-0.2, 0) is 16.2 Å². The maximum atomic E-state index is 12.0. The predicted molar refractivity (Wildman–Crippen MR) is 118 cm³/mol. The third kappa shape index (κ3) is 6.07. The van der Waals surface area contributed by atoms with Gasteiger partial charge in [-0.1, -0.05) is 65.7 Å². The van der Waals surface area contributed by atoms with Gasteiger partial charge >= 0.3 is 11.8 Å². The van der Waals surface area contributed by atoms with Crippen LogP contribution >= 0.6 is 23.2 Å². The second-order valence-corrected chi connectivity index (χ2v) is 6.91. The molecule has 0 bridgehead atoms. The van der Waals surface area contributed by atoms with Gasteiger partial charge in [-0.15, -0.1) is 0 Å². The van der Waals surface area contributed by atoms with Crippen molar-refractivity contribution < 1.29 is 14.3 Å². The van der Waals surface area contributed by atoms with Gasteiger partial charge in [-0.2, -0.15) is 5.10 Å². The average molecular weight is 442 g/mol. The summed E-state index contributed by atoms with van der Waals surface area (Å²) in [6.45, 7) is 0.393. The summed E-state index contributed by atoms with van der Waals surface area (Å²) in [5.74, 6) is -1.22. The number of carbonyl (C=O) groups excluding carboxylic acids is 2. The number of nitrogens with one attached hydrogen (secondary N) is 2. The van der Waals surface area contributed by atoms with Gasteiger partial charge in [-0.25, -0.2) is 5.43 Å². The Bertz CT molecular complexity index is 1070. The number of rotatable bonds is 6. The number of hydrazone groups is 1. The molecule has 0 radical (unpaired) electrons. The molecule has 0 heterocycles. The zero-order valence-corrected chi connectivity index (χ0v) is 17.2. The Morgan fingerprint density at radius 1 is 0.900 bits per heavy atom. The van der Waals surface area contributed by atoms with Crippen molar-refractivity contribution in [2.75, 3.05) is 5.32 Å². The maximum absolute atomic E-state index is 12.0. The molecule has 2 N–H and O–H groups in total. The summed E-state index contributed by atoms with van der Waals surface area (Å²) in [6.07, 6.45) is 1.41. The molecule has 30 heavy (non-hydrogen) atoms. The first-order valence-corrected chi connectivity index (χ1v) is 9.64. The summed E-state index contributed by atoms with van der Waals surface area (Å²) in [4.78, 5) is 23.9. The molecule has 3 aromatic carbocycles. The first kappa shape index (κ1) is 21.4. The lowest BCUT2D eigenvalue weighted by Crippen LogP contribution is -2.32. The highest BCUT2D eigenvalue weighted by molar-refractivity contribution is 6.42. The molecule has 0 aromatic heterocycles. The third-order valence-corrected chi connectivity index (χ3v) is 4.65. The van der Waals surface area contributed by atoms with Crippen molar-refractivity contribution in [2.24, 2.45) is 5.10 Å². The molecule has 3 rings (SSSR count). The largest absolute Gasteiger partial charge is 0.488 e. The highest BCUT2D eigenvalue weighted by Crippen LogP contribution is 2.25. The molecule has 3 aromatic rings. The zero-order chi connectivity index (χ0) is 21.3. The summed E-state index contributed by atoms with van der Waals surface area (Å²) in [7, 11) is 0. The number of para-hydroxylation sites is 1. The van der Waals surface area contributed by atoms with Gasteiger partial charge in [0.1, 0.15) is 12.4 Å². The molecular weight excluding hydrogens is 425 g/mol. The minimum atomic E-state index is -0.931. The number of anilines is 1. The van der Waals surface area contributed by atoms with E-state index in [1.54, 1.807) is 12.1 Å². The molecule has 0 aliphatic heterocycles. The maximum Gasteiger partial charge on any atom is 0.329 e. The van der Waals surface area contributed by atoms with E-state index in [2.05, 4.69) is 15.8 Å². The molecule has 0 spiro atoms. The van der Waals surface area contributed by atoms with Gasteiger partial charge in [0, 0.05) is 11.3 Å². The fourth-order valence-electron chi connectivity index (χ4n) is 2.43. The van der Waals surface area contributed by atoms with Gasteiger partial charge in [-0.05, 0) is 35.9 Å². The van der Waals surface area contributed by atoms with Crippen LogP contribution in [0.15, 0.2) is 77.9 Å². The van der Waals surface area contributed by atoms with Crippen molar-refractivity contribution >= 4 is 46.9 Å². The van der Waals surface area contributed by atoms with E-state index in [-0.39, 0.29) is 5.02 Å². The Labute approximate surface area is 183 Å². The van der Waals surface area contributed by atoms with Crippen molar-refractivity contribution in [3.63, 3.8) is 0 Å². The zero-order valence-electron chi connectivity index (χ0n) is 15.6. The second kappa shape index (κ2) is 10.4. The molecule has 0 fully saturated rings. The molecule has 0 atom stereocenters. The van der Waals surface area contributed by atoms with Crippen LogP contribution in [0.1, 0.15) is 11.1 Å². The van der Waals surface area contributed by atoms with Gasteiger partial charge < -0.3 is 10.1 Å². The van der Waals surface area contributed by atoms with Crippen LogP contribution in [0.5, 0.6) is 5.75 Å². The van der Waals surface area contributed by atoms with Crippen LogP contribution in [0.3, 0.4) is 0 Å². The fourth-order valence-corrected chi connectivity index (χ4v) is 2.73. The SMILES string of the molecule is O=C(N/N=C\c1ccccc1OCc1ccccc1)C(=O)Nc1ccc(Cl)c(Cl)c1. The lowest BCUT2D eigenvalue weighted by atomic mass is 10.2. The Morgan fingerprint density at radius 3 is 2.40 bits per heavy atom. The van der Waals surface area contributed by atoms with E-state index in [4.69, 9.17) is 27.9 Å². The van der Waals surface area contributed by atoms with E-state index >= 15 is 0 Å². The Balaban J connectivity index is 1.57. The molecule has 152 valence electrons. The van der Waals surface area contributed by atoms with Crippen LogP contribution < -0.4 is 15.5 Å². The highest BCUT2D eigenvalue weighted by atomic mass is 35.5. The number of hydrogen-bond acceptors (Lipinski definition) is 4. The quantitative estimate of drug-likeness (QED) is 0.331. The van der Waals surface area contributed by atoms with Gasteiger partial charge in [-0.3, -0.25) is 9.59 Å². The number of halogens is 2. The standard InChI is InChI=1S/C22H17Cl2N3O3/c23-18-11-10-17(12-19(18)24)26-21(28)22(29)27-25-13-16-8-4-5-9-20(16)30-14-15-6-2-1-3-7-15/h1-13H,14H2,(H,26,28)(H,27,29)/b25-13-. The molecular formula is C22H17Cl2N3O3. The lowest BCUT2D eigenvalue weighted by molar-refractivity contribution is -0.136. The predicted octanol–water partition coefficient (Wildman–Crippen LogP) is 4.66. The van der Waals surface area contributed by atoms with Gasteiger partial charge in [0.15, 0.2) is 0 Å². The van der Waals surface area contributed by atoms with E-state index in [9.17, 15) is 9.59 Å². The van der Waals surface area contributed by atoms with E-state index in [0.717, 1.165) is 5.56 Å². The van der Waals surface area contributed by atoms with Crippen molar-refractivity contribution in [1.82, 2.24) is 5.43 Å². The monoisotopic (exact) mass is 441 g/mol. The van der Waals surface area contributed by atoms with Crippen molar-refractivity contribution in [2.45, 2.75) is 6.61 Å². The van der Waals surface area contributed by atoms with E-state index in [0.29, 0.717) is 28.6 Å². The number of benzene rings is 3. The van der Waals surface area contributed by atoms with Crippen LogP contribution in [0.4, 0.5) is 5.69 Å². The minimum Gasteiger partial charge on any atom is -0.488 e. The average Bonchev–Trinajstić information content (AvgIpc) is 2.76. The molecule has 0 unspecified atom stereocenters. The first-order chi connectivity index (χ1) is 14.5. The molecule has 6 nitrogen and oxygen atoms in total. The number of hydrogen-bond donors (Lipinski definition) is 2. The number of ether oxygens (including phenoxy) is 1.